The van der Waals surface area contributed by atoms with Gasteiger partial charge < -0.3 is 42.4 Å². The van der Waals surface area contributed by atoms with Gasteiger partial charge in [0.15, 0.2) is 0 Å². The van der Waals surface area contributed by atoms with Gasteiger partial charge in [0.05, 0.1) is 83.5 Å². The summed E-state index contributed by atoms with van der Waals surface area (Å²) in [5, 5.41) is 4.89. The van der Waals surface area contributed by atoms with E-state index in [2.05, 4.69) is 25.3 Å². The Morgan fingerprint density at radius 3 is 1.36 bits per heavy atom. The highest BCUT2D eigenvalue weighted by molar-refractivity contribution is 7.19. The van der Waals surface area contributed by atoms with E-state index in [9.17, 15) is 57.5 Å². The van der Waals surface area contributed by atoms with Crippen LogP contribution in [0.1, 0.15) is 137 Å². The zero-order chi connectivity index (χ0) is 71.1. The molecule has 0 bridgehead atoms. The largest absolute Gasteiger partial charge is 0.398 e. The van der Waals surface area contributed by atoms with Crippen molar-refractivity contribution in [3.63, 3.8) is 0 Å². The molecule has 490 valence electrons. The van der Waals surface area contributed by atoms with E-state index >= 15 is 0 Å². The van der Waals surface area contributed by atoms with Crippen molar-refractivity contribution in [3.05, 3.63) is 206 Å². The molecule has 13 rings (SSSR count). The number of anilines is 5. The lowest BCUT2D eigenvalue weighted by molar-refractivity contribution is -0.131. The normalized spacial score (nSPS) is 14.3. The van der Waals surface area contributed by atoms with Crippen LogP contribution in [0.25, 0.3) is 0 Å². The highest BCUT2D eigenvalue weighted by Crippen LogP contribution is 2.34. The Balaban J connectivity index is 0.000000167. The van der Waals surface area contributed by atoms with Crippen molar-refractivity contribution in [2.24, 2.45) is 5.73 Å². The number of thiophene rings is 3. The summed E-state index contributed by atoms with van der Waals surface area (Å²) in [5.41, 5.74) is 19.8. The van der Waals surface area contributed by atoms with Crippen LogP contribution in [0.3, 0.4) is 0 Å². The average Bonchev–Trinajstić information content (AvgIpc) is 1.63. The van der Waals surface area contributed by atoms with Gasteiger partial charge in [-0.3, -0.25) is 67.6 Å². The summed E-state index contributed by atoms with van der Waals surface area (Å²) in [7, 11) is 0. The molecule has 9 heterocycles. The standard InChI is InChI=1S/C24H20ClN5O4S.C15H11ClN2O3S.C10H10N2O2.C8H5NO3.C5H2Cl2OS.C2H7N/c25-19-5-4-18(35-19)22(32)27-17-3-1-2-16-21(17)24(34)30(23(16)33)14-20(31)29-12-10-28(11-13-29)15-6-8-26-9-7-15;1-2-18-14(20)8-4-3-5-9(12(8)15(18)21)17-13(19)10-6-7-11(16)22-10;1-2-12-9(13)6-4-3-5-7(11)8(6)10(12)14;9-5-3-1-2-4-6(5)8(11)12-7(4)10;6-4-2-1-3(9-4)5(7)8;1-2-3/h1-9H,10-14H2,(H,27,32);3-7H,2H2,1H3,(H,17,19);3-5H,2,11H2,1H3;1-3H,9H2;1-2H;2-3H2,1H3/i;2*1D;;;1D. The van der Waals surface area contributed by atoms with Crippen LogP contribution in [0.4, 0.5) is 28.4 Å². The number of fused-ring (bicyclic) bond motifs is 4. The molecule has 4 aromatic carbocycles. The summed E-state index contributed by atoms with van der Waals surface area (Å²) in [4.78, 5) is 156. The summed E-state index contributed by atoms with van der Waals surface area (Å²) in [6.07, 6.45) is 3.45. The number of carbonyl (C=O) groups is 12. The molecule has 31 heteroatoms. The Bertz CT molecular complexity index is 4440. The highest BCUT2D eigenvalue weighted by Gasteiger charge is 2.41. The molecule has 0 spiro atoms. The van der Waals surface area contributed by atoms with Gasteiger partial charge in [-0.2, -0.15) is 0 Å². The Morgan fingerprint density at radius 1 is 0.516 bits per heavy atom. The first kappa shape index (κ1) is 66.7. The summed E-state index contributed by atoms with van der Waals surface area (Å²) in [6, 6.07) is 32.3. The maximum absolute atomic E-state index is 13.2. The van der Waals surface area contributed by atoms with Crippen LogP contribution >= 0.6 is 80.4 Å². The van der Waals surface area contributed by atoms with Gasteiger partial charge in [0, 0.05) is 72.8 Å². The van der Waals surface area contributed by atoms with Crippen molar-refractivity contribution in [1.29, 1.82) is 0 Å². The number of nitrogen functional groups attached to an aromatic ring is 2. The maximum Gasteiger partial charge on any atom is 0.349 e. The van der Waals surface area contributed by atoms with Gasteiger partial charge in [-0.15, -0.1) is 34.0 Å². The number of benzene rings is 4. The van der Waals surface area contributed by atoms with Crippen molar-refractivity contribution in [1.82, 2.24) is 24.6 Å². The minimum absolute atomic E-state index is 0.00533. The van der Waals surface area contributed by atoms with Gasteiger partial charge in [-0.25, -0.2) is 9.59 Å². The smallest absolute Gasteiger partial charge is 0.349 e. The van der Waals surface area contributed by atoms with Crippen molar-refractivity contribution >= 4 is 179 Å². The fourth-order valence-corrected chi connectivity index (χ4v) is 12.5. The van der Waals surface area contributed by atoms with E-state index in [0.717, 1.165) is 43.1 Å². The number of piperazine rings is 1. The van der Waals surface area contributed by atoms with Crippen LogP contribution in [-0.4, -0.2) is 147 Å². The lowest BCUT2D eigenvalue weighted by Gasteiger charge is -2.36. The molecule has 1 fully saturated rings. The first-order chi connectivity index (χ1) is 46.9. The maximum atomic E-state index is 13.2. The summed E-state index contributed by atoms with van der Waals surface area (Å²) in [5.74, 6) is -5.23. The van der Waals surface area contributed by atoms with E-state index in [1.165, 1.54) is 29.5 Å². The van der Waals surface area contributed by atoms with Gasteiger partial charge in [-0.05, 0) is 129 Å². The number of nitrogens with one attached hydrogen (secondary N) is 2. The fourth-order valence-electron chi connectivity index (χ4n) is 9.61. The lowest BCUT2D eigenvalue weighted by Crippen LogP contribution is -2.51. The number of esters is 2. The molecule has 4 aromatic heterocycles. The number of cyclic esters (lactones) is 2. The molecule has 9 amide bonds. The monoisotopic (exact) mass is 1420 g/mol. The van der Waals surface area contributed by atoms with Crippen LogP contribution in [0, 0.1) is 0 Å². The number of hydrogen-bond acceptors (Lipinski definition) is 21. The van der Waals surface area contributed by atoms with Crippen LogP contribution < -0.4 is 32.7 Å². The summed E-state index contributed by atoms with van der Waals surface area (Å²) in [6.45, 7) is 2.80. The number of hydrogen-bond donors (Lipinski definition) is 5. The van der Waals surface area contributed by atoms with E-state index < -0.39 is 52.6 Å². The van der Waals surface area contributed by atoms with Crippen molar-refractivity contribution in [2.45, 2.75) is 20.7 Å². The second kappa shape index (κ2) is 31.9. The van der Waals surface area contributed by atoms with E-state index in [1.54, 1.807) is 108 Å². The highest BCUT2D eigenvalue weighted by atomic mass is 35.5. The summed E-state index contributed by atoms with van der Waals surface area (Å²) >= 11 is 25.8. The minimum atomic E-state index is -0.659. The Morgan fingerprint density at radius 2 is 0.937 bits per heavy atom. The Hall–Kier alpha value is -9.71. The number of carbonyl (C=O) groups excluding carboxylic acids is 12. The lowest BCUT2D eigenvalue weighted by atomic mass is 10.1. The van der Waals surface area contributed by atoms with Gasteiger partial charge >= 0.3 is 11.9 Å². The number of nitrogens with two attached hydrogens (primary N) is 3. The minimum Gasteiger partial charge on any atom is -0.398 e. The molecule has 5 aliphatic heterocycles. The molecular formula is C64H55Cl4N11O13S3. The number of nitrogens with zero attached hydrogens (tertiary/aromatic N) is 6. The molecule has 5 aliphatic rings. The molecule has 0 saturated carbocycles. The molecule has 24 nitrogen and oxygen atoms in total. The quantitative estimate of drug-likeness (QED) is 0.0279. The molecule has 0 unspecified atom stereocenters. The molecule has 8 aromatic rings. The van der Waals surface area contributed by atoms with E-state index in [-0.39, 0.29) is 107 Å². The van der Waals surface area contributed by atoms with Gasteiger partial charge in [-0.1, -0.05) is 66.0 Å². The SMILES string of the molecule is Nc1cccc2c1C(=O)OC2=O.O=C(Cl)c1ccc(Cl)s1.O=C(Nc1cccc2c1C(=O)N(CC(=O)N1CCN(c3ccncc3)CC1)C2=O)c1ccc(Cl)s1.[2H]CCN.[2H]CCN1C(=O)c2cccc(N)c2C1=O.[2H]CCN1C(=O)c2cccc(NC(=O)c3ccc(Cl)s3)c2C1=O. The van der Waals surface area contributed by atoms with Crippen LogP contribution in [0.15, 0.2) is 134 Å². The number of halogens is 4. The zero-order valence-electron chi connectivity index (χ0n) is 52.4. The fraction of sp³-hybridized carbons (Fsp3) is 0.172. The van der Waals surface area contributed by atoms with E-state index in [0.29, 0.717) is 78.5 Å². The number of imide groups is 3. The predicted molar refractivity (Wildman–Crippen MR) is 364 cm³/mol. The topological polar surface area (TPSA) is 345 Å². The third-order valence-corrected chi connectivity index (χ3v) is 18.0. The second-order valence-electron chi connectivity index (χ2n) is 19.7. The third kappa shape index (κ3) is 16.3. The molecule has 8 N–H and O–H groups in total. The van der Waals surface area contributed by atoms with Gasteiger partial charge in [0.1, 0.15) is 6.54 Å². The molecular weight excluding hydrogens is 1370 g/mol. The van der Waals surface area contributed by atoms with Crippen LogP contribution in [-0.2, 0) is 9.53 Å². The number of ether oxygens (including phenoxy) is 1. The van der Waals surface area contributed by atoms with Crippen LogP contribution in [0.5, 0.6) is 0 Å². The Labute approximate surface area is 578 Å². The van der Waals surface area contributed by atoms with Gasteiger partial charge in [0.25, 0.3) is 52.5 Å². The van der Waals surface area contributed by atoms with Gasteiger partial charge in [0.2, 0.25) is 5.91 Å². The molecule has 1 saturated heterocycles. The first-order valence-electron chi connectivity index (χ1n) is 30.0. The molecule has 0 atom stereocenters. The van der Waals surface area contributed by atoms with E-state index in [1.807, 2.05) is 12.1 Å². The average molecular weight is 1430 g/mol. The van der Waals surface area contributed by atoms with Crippen LogP contribution in [0.2, 0.25) is 13.0 Å². The first-order valence-corrected chi connectivity index (χ1v) is 31.9. The van der Waals surface area contributed by atoms with Crippen molar-refractivity contribution < 1.29 is 66.4 Å². The molecule has 0 aliphatic carbocycles. The Kier molecular flexibility index (Phi) is 22.4. The van der Waals surface area contributed by atoms with Crippen molar-refractivity contribution in [2.75, 3.05) is 79.4 Å². The second-order valence-corrected chi connectivity index (χ2v) is 25.2. The number of amides is 9. The number of pyridine rings is 1. The summed E-state index contributed by atoms with van der Waals surface area (Å²) < 4.78 is 26.5. The number of aromatic nitrogens is 1. The third-order valence-electron chi connectivity index (χ3n) is 14.0. The van der Waals surface area contributed by atoms with Crippen molar-refractivity contribution in [3.8, 4) is 0 Å². The zero-order valence-corrected chi connectivity index (χ0v) is 54.9. The number of rotatable bonds is 10. The van der Waals surface area contributed by atoms with E-state index in [4.69, 9.17) is 67.7 Å². The molecule has 0 radical (unpaired) electrons. The molecule has 95 heavy (non-hydrogen) atoms. The predicted octanol–water partition coefficient (Wildman–Crippen LogP) is 10.5.